The summed E-state index contributed by atoms with van der Waals surface area (Å²) < 4.78 is 1.75. The number of anilines is 1. The fourth-order valence-corrected chi connectivity index (χ4v) is 2.42. The Labute approximate surface area is 132 Å². The number of hydrogen-bond acceptors (Lipinski definition) is 3. The summed E-state index contributed by atoms with van der Waals surface area (Å²) in [5, 5.41) is 7.62. The van der Waals surface area contributed by atoms with E-state index in [1.54, 1.807) is 47.1 Å². The number of halogens is 1. The highest BCUT2D eigenvalue weighted by atomic mass is 35.5. The van der Waals surface area contributed by atoms with Crippen molar-refractivity contribution in [3.05, 3.63) is 59.0 Å². The third-order valence-electron chi connectivity index (χ3n) is 3.29. The van der Waals surface area contributed by atoms with Crippen LogP contribution in [0.25, 0.3) is 5.65 Å². The second kappa shape index (κ2) is 5.77. The van der Waals surface area contributed by atoms with E-state index in [0.29, 0.717) is 22.1 Å². The number of aromatic nitrogens is 3. The fourth-order valence-electron chi connectivity index (χ4n) is 2.23. The number of carbonyl (C=O) groups excluding carboxylic acids is 1. The van der Waals surface area contributed by atoms with Gasteiger partial charge in [0, 0.05) is 22.5 Å². The molecule has 0 aliphatic heterocycles. The van der Waals surface area contributed by atoms with Crippen molar-refractivity contribution in [2.75, 3.05) is 5.32 Å². The maximum Gasteiger partial charge on any atom is 0.274 e. The predicted octanol–water partition coefficient (Wildman–Crippen LogP) is 3.76. The molecule has 1 amide bonds. The maximum atomic E-state index is 12.4. The molecule has 2 heterocycles. The van der Waals surface area contributed by atoms with Gasteiger partial charge in [-0.1, -0.05) is 31.5 Å². The van der Waals surface area contributed by atoms with Crippen LogP contribution in [0.2, 0.25) is 5.02 Å². The first-order chi connectivity index (χ1) is 10.5. The van der Waals surface area contributed by atoms with Gasteiger partial charge in [-0.2, -0.15) is 5.10 Å². The van der Waals surface area contributed by atoms with Crippen molar-refractivity contribution in [3.63, 3.8) is 0 Å². The summed E-state index contributed by atoms with van der Waals surface area (Å²) >= 11 is 5.93. The first kappa shape index (κ1) is 14.5. The molecule has 2 aromatic heterocycles. The first-order valence-electron chi connectivity index (χ1n) is 6.96. The van der Waals surface area contributed by atoms with Gasteiger partial charge in [0.05, 0.1) is 6.20 Å². The summed E-state index contributed by atoms with van der Waals surface area (Å²) in [6.07, 6.45) is 1.67. The van der Waals surface area contributed by atoms with Crippen molar-refractivity contribution in [2.45, 2.75) is 19.8 Å². The van der Waals surface area contributed by atoms with Gasteiger partial charge in [0.1, 0.15) is 5.69 Å². The van der Waals surface area contributed by atoms with Crippen LogP contribution < -0.4 is 5.32 Å². The molecule has 0 unspecified atom stereocenters. The fraction of sp³-hybridized carbons (Fsp3) is 0.188. The van der Waals surface area contributed by atoms with E-state index in [0.717, 1.165) is 5.69 Å². The Morgan fingerprint density at radius 1 is 1.27 bits per heavy atom. The van der Waals surface area contributed by atoms with Gasteiger partial charge in [0.2, 0.25) is 0 Å². The van der Waals surface area contributed by atoms with Gasteiger partial charge in [0.15, 0.2) is 5.65 Å². The van der Waals surface area contributed by atoms with Crippen LogP contribution in [0.15, 0.2) is 42.6 Å². The molecule has 0 aliphatic rings. The summed E-state index contributed by atoms with van der Waals surface area (Å²) in [7, 11) is 0. The van der Waals surface area contributed by atoms with Gasteiger partial charge in [-0.15, -0.1) is 0 Å². The lowest BCUT2D eigenvalue weighted by molar-refractivity contribution is 0.102. The molecule has 3 rings (SSSR count). The molecule has 0 saturated carbocycles. The zero-order valence-corrected chi connectivity index (χ0v) is 13.0. The quantitative estimate of drug-likeness (QED) is 0.800. The van der Waals surface area contributed by atoms with E-state index in [1.165, 1.54) is 0 Å². The van der Waals surface area contributed by atoms with Crippen LogP contribution in [-0.2, 0) is 0 Å². The number of benzene rings is 1. The summed E-state index contributed by atoms with van der Waals surface area (Å²) in [5.41, 5.74) is 2.59. The van der Waals surface area contributed by atoms with E-state index < -0.39 is 0 Å². The highest BCUT2D eigenvalue weighted by molar-refractivity contribution is 6.30. The second-order valence-corrected chi connectivity index (χ2v) is 5.72. The Morgan fingerprint density at radius 2 is 2.09 bits per heavy atom. The minimum atomic E-state index is -0.270. The lowest BCUT2D eigenvalue weighted by atomic mass is 10.1. The van der Waals surface area contributed by atoms with Crippen LogP contribution in [0.4, 0.5) is 5.69 Å². The number of fused-ring (bicyclic) bond motifs is 1. The molecule has 0 fully saturated rings. The normalized spacial score (nSPS) is 11.1. The predicted molar refractivity (Wildman–Crippen MR) is 86.5 cm³/mol. The van der Waals surface area contributed by atoms with E-state index >= 15 is 0 Å². The Morgan fingerprint density at radius 3 is 2.82 bits per heavy atom. The third-order valence-corrected chi connectivity index (χ3v) is 3.53. The molecule has 0 radical (unpaired) electrons. The Balaban J connectivity index is 1.97. The largest absolute Gasteiger partial charge is 0.321 e. The Kier molecular flexibility index (Phi) is 3.81. The number of hydrogen-bond donors (Lipinski definition) is 1. The molecule has 0 spiro atoms. The molecule has 0 aliphatic carbocycles. The lowest BCUT2D eigenvalue weighted by Crippen LogP contribution is -2.16. The summed E-state index contributed by atoms with van der Waals surface area (Å²) in [6.45, 7) is 4.10. The van der Waals surface area contributed by atoms with Gasteiger partial charge in [-0.05, 0) is 30.2 Å². The Hall–Kier alpha value is -2.40. The monoisotopic (exact) mass is 314 g/mol. The van der Waals surface area contributed by atoms with Crippen LogP contribution in [0.5, 0.6) is 0 Å². The maximum absolute atomic E-state index is 12.4. The third kappa shape index (κ3) is 2.80. The topological polar surface area (TPSA) is 59.3 Å². The van der Waals surface area contributed by atoms with Crippen molar-refractivity contribution in [1.82, 2.24) is 14.6 Å². The van der Waals surface area contributed by atoms with Gasteiger partial charge in [-0.3, -0.25) is 4.79 Å². The summed E-state index contributed by atoms with van der Waals surface area (Å²) in [4.78, 5) is 16.8. The SMILES string of the molecule is CC(C)c1cc(C(=O)Nc2cccc(Cl)c2)nc2ccnn12. The number of carbonyl (C=O) groups is 1. The molecular formula is C16H15ClN4O. The van der Waals surface area contributed by atoms with Gasteiger partial charge in [-0.25, -0.2) is 9.50 Å². The molecule has 0 atom stereocenters. The lowest BCUT2D eigenvalue weighted by Gasteiger charge is -2.11. The molecule has 112 valence electrons. The van der Waals surface area contributed by atoms with E-state index in [4.69, 9.17) is 11.6 Å². The first-order valence-corrected chi connectivity index (χ1v) is 7.34. The number of nitrogens with zero attached hydrogens (tertiary/aromatic N) is 3. The summed E-state index contributed by atoms with van der Waals surface area (Å²) in [6, 6.07) is 10.6. The van der Waals surface area contributed by atoms with Crippen molar-refractivity contribution in [2.24, 2.45) is 0 Å². The van der Waals surface area contributed by atoms with Crippen LogP contribution in [-0.4, -0.2) is 20.5 Å². The smallest absolute Gasteiger partial charge is 0.274 e. The number of nitrogens with one attached hydrogen (secondary N) is 1. The highest BCUT2D eigenvalue weighted by Gasteiger charge is 2.14. The van der Waals surface area contributed by atoms with Crippen LogP contribution in [0.1, 0.15) is 35.9 Å². The highest BCUT2D eigenvalue weighted by Crippen LogP contribution is 2.19. The average Bonchev–Trinajstić information content (AvgIpc) is 2.94. The van der Waals surface area contributed by atoms with Crippen LogP contribution in [0.3, 0.4) is 0 Å². The van der Waals surface area contributed by atoms with E-state index in [9.17, 15) is 4.79 Å². The standard InChI is InChI=1S/C16H15ClN4O/c1-10(2)14-9-13(20-15-6-7-18-21(14)15)16(22)19-12-5-3-4-11(17)8-12/h3-10H,1-2H3,(H,19,22). The van der Waals surface area contributed by atoms with Crippen LogP contribution >= 0.6 is 11.6 Å². The van der Waals surface area contributed by atoms with Gasteiger partial charge in [0.25, 0.3) is 5.91 Å². The molecule has 6 heteroatoms. The van der Waals surface area contributed by atoms with Crippen molar-refractivity contribution in [3.8, 4) is 0 Å². The number of amides is 1. The van der Waals surface area contributed by atoms with Crippen molar-refractivity contribution < 1.29 is 4.79 Å². The molecule has 5 nitrogen and oxygen atoms in total. The Bertz CT molecular complexity index is 841. The molecule has 1 aromatic carbocycles. The van der Waals surface area contributed by atoms with Crippen LogP contribution in [0, 0.1) is 0 Å². The zero-order chi connectivity index (χ0) is 15.7. The molecular weight excluding hydrogens is 300 g/mol. The molecule has 1 N–H and O–H groups in total. The van der Waals surface area contributed by atoms with E-state index in [1.807, 2.05) is 0 Å². The average molecular weight is 315 g/mol. The molecule has 22 heavy (non-hydrogen) atoms. The van der Waals surface area contributed by atoms with E-state index in [-0.39, 0.29) is 11.8 Å². The van der Waals surface area contributed by atoms with E-state index in [2.05, 4.69) is 29.2 Å². The van der Waals surface area contributed by atoms with Crippen molar-refractivity contribution in [1.29, 1.82) is 0 Å². The molecule has 0 saturated heterocycles. The zero-order valence-electron chi connectivity index (χ0n) is 12.2. The second-order valence-electron chi connectivity index (χ2n) is 5.29. The molecule has 0 bridgehead atoms. The minimum absolute atomic E-state index is 0.225. The van der Waals surface area contributed by atoms with Gasteiger partial charge >= 0.3 is 0 Å². The van der Waals surface area contributed by atoms with Crippen molar-refractivity contribution >= 4 is 28.8 Å². The van der Waals surface area contributed by atoms with Gasteiger partial charge < -0.3 is 5.32 Å². The summed E-state index contributed by atoms with van der Waals surface area (Å²) in [5.74, 6) is -0.0454. The molecule has 3 aromatic rings. The number of rotatable bonds is 3. The minimum Gasteiger partial charge on any atom is -0.321 e.